The fourth-order valence-corrected chi connectivity index (χ4v) is 13.5. The van der Waals surface area contributed by atoms with Gasteiger partial charge in [-0.05, 0) is 31.6 Å². The number of carbonyl (C=O) groups is 4. The molecule has 0 rings (SSSR count). The minimum Gasteiger partial charge on any atom is -0.462 e. The Kier molecular flexibility index (Phi) is 68.7. The maximum absolute atomic E-state index is 13.1. The van der Waals surface area contributed by atoms with E-state index in [9.17, 15) is 43.2 Å². The summed E-state index contributed by atoms with van der Waals surface area (Å²) < 4.78 is 68.4. The molecular weight excluding hydrogens is 1260 g/mol. The van der Waals surface area contributed by atoms with Crippen LogP contribution < -0.4 is 0 Å². The Labute approximate surface area is 588 Å². The summed E-state index contributed by atoms with van der Waals surface area (Å²) in [5, 5.41) is 10.6. The van der Waals surface area contributed by atoms with Crippen molar-refractivity contribution in [3.8, 4) is 0 Å². The number of aliphatic hydroxyl groups excluding tert-OH is 1. The highest BCUT2D eigenvalue weighted by molar-refractivity contribution is 7.47. The number of phosphoric acid groups is 2. The molecule has 96 heavy (non-hydrogen) atoms. The van der Waals surface area contributed by atoms with Crippen LogP contribution in [0.1, 0.15) is 407 Å². The largest absolute Gasteiger partial charge is 0.472 e. The minimum atomic E-state index is -4.96. The Bertz CT molecular complexity index is 1840. The summed E-state index contributed by atoms with van der Waals surface area (Å²) >= 11 is 0. The topological polar surface area (TPSA) is 237 Å². The average molecular weight is 1410 g/mol. The second-order valence-electron chi connectivity index (χ2n) is 28.2. The summed E-state index contributed by atoms with van der Waals surface area (Å²) in [5.41, 5.74) is 0. The first kappa shape index (κ1) is 94.1. The molecule has 0 aliphatic heterocycles. The van der Waals surface area contributed by atoms with Crippen LogP contribution in [0, 0.1) is 5.92 Å². The highest BCUT2D eigenvalue weighted by Crippen LogP contribution is 2.45. The van der Waals surface area contributed by atoms with Gasteiger partial charge in [0.25, 0.3) is 0 Å². The van der Waals surface area contributed by atoms with Gasteiger partial charge in [-0.1, -0.05) is 356 Å². The molecule has 19 heteroatoms. The van der Waals surface area contributed by atoms with E-state index in [4.69, 9.17) is 37.0 Å². The number of phosphoric ester groups is 2. The van der Waals surface area contributed by atoms with Crippen LogP contribution in [0.5, 0.6) is 0 Å². The summed E-state index contributed by atoms with van der Waals surface area (Å²) in [6.07, 6.45) is 60.1. The Morgan fingerprint density at radius 3 is 0.708 bits per heavy atom. The highest BCUT2D eigenvalue weighted by atomic mass is 31.2. The predicted molar refractivity (Wildman–Crippen MR) is 391 cm³/mol. The lowest BCUT2D eigenvalue weighted by molar-refractivity contribution is -0.161. The van der Waals surface area contributed by atoms with Crippen LogP contribution in [0.3, 0.4) is 0 Å². The third kappa shape index (κ3) is 70.5. The number of aliphatic hydroxyl groups is 1. The van der Waals surface area contributed by atoms with Crippen LogP contribution in [-0.2, 0) is 65.4 Å². The molecule has 0 fully saturated rings. The smallest absolute Gasteiger partial charge is 0.462 e. The van der Waals surface area contributed by atoms with Crippen LogP contribution in [0.15, 0.2) is 0 Å². The molecule has 0 aromatic heterocycles. The van der Waals surface area contributed by atoms with Crippen LogP contribution in [-0.4, -0.2) is 96.7 Å². The summed E-state index contributed by atoms with van der Waals surface area (Å²) in [6, 6.07) is 0. The number of ether oxygens (including phenoxy) is 4. The van der Waals surface area contributed by atoms with E-state index in [0.29, 0.717) is 25.7 Å². The van der Waals surface area contributed by atoms with Crippen molar-refractivity contribution in [1.82, 2.24) is 0 Å². The molecule has 0 radical (unpaired) electrons. The lowest BCUT2D eigenvalue weighted by atomic mass is 10.0. The van der Waals surface area contributed by atoms with E-state index >= 15 is 0 Å². The van der Waals surface area contributed by atoms with Crippen LogP contribution in [0.25, 0.3) is 0 Å². The summed E-state index contributed by atoms with van der Waals surface area (Å²) in [4.78, 5) is 72.6. The molecular formula is C77H150O17P2. The molecule has 0 heterocycles. The molecule has 0 aliphatic rings. The molecule has 0 spiro atoms. The minimum absolute atomic E-state index is 0.107. The number of rotatable bonds is 77. The van der Waals surface area contributed by atoms with E-state index in [2.05, 4.69) is 34.6 Å². The molecule has 0 saturated carbocycles. The van der Waals surface area contributed by atoms with Crippen molar-refractivity contribution in [3.05, 3.63) is 0 Å². The normalized spacial score (nSPS) is 13.9. The maximum atomic E-state index is 13.1. The molecule has 0 amide bonds. The third-order valence-corrected chi connectivity index (χ3v) is 19.9. The highest BCUT2D eigenvalue weighted by Gasteiger charge is 2.30. The van der Waals surface area contributed by atoms with E-state index < -0.39 is 97.5 Å². The zero-order valence-electron chi connectivity index (χ0n) is 62.5. The molecule has 17 nitrogen and oxygen atoms in total. The van der Waals surface area contributed by atoms with Crippen LogP contribution >= 0.6 is 15.6 Å². The summed E-state index contributed by atoms with van der Waals surface area (Å²) in [6.45, 7) is 7.24. The number of hydrogen-bond acceptors (Lipinski definition) is 15. The first-order chi connectivity index (χ1) is 46.5. The number of unbranched alkanes of at least 4 members (excludes halogenated alkanes) is 49. The van der Waals surface area contributed by atoms with Gasteiger partial charge in [-0.3, -0.25) is 37.3 Å². The second-order valence-corrected chi connectivity index (χ2v) is 31.1. The second kappa shape index (κ2) is 70.1. The predicted octanol–water partition coefficient (Wildman–Crippen LogP) is 22.9. The lowest BCUT2D eigenvalue weighted by Gasteiger charge is -2.21. The van der Waals surface area contributed by atoms with Crippen molar-refractivity contribution in [3.63, 3.8) is 0 Å². The van der Waals surface area contributed by atoms with E-state index in [1.54, 1.807) is 0 Å². The Morgan fingerprint density at radius 1 is 0.281 bits per heavy atom. The van der Waals surface area contributed by atoms with Gasteiger partial charge >= 0.3 is 39.5 Å². The standard InChI is InChI=1S/C77H150O17P2/c1-6-9-12-15-17-19-21-23-25-26-27-28-29-31-35-40-44-48-53-58-63-77(82)94-73(67-88-75(80)61-56-51-46-42-38-36-32-33-37-41-45-50-54-59-70(4)5)69-92-96(85,86)90-65-71(78)64-89-95(83,84)91-68-72(66-87-74(79)60-55-49-14-11-8-3)93-76(81)62-57-52-47-43-39-34-30-24-22-20-18-16-13-10-7-2/h70-73,78H,6-69H2,1-5H3,(H,83,84)(H,85,86)/t71-,72+,73+/m0/s1. The van der Waals surface area contributed by atoms with E-state index in [1.165, 1.54) is 225 Å². The molecule has 0 bridgehead atoms. The Morgan fingerprint density at radius 2 is 0.479 bits per heavy atom. The third-order valence-electron chi connectivity index (χ3n) is 18.0. The summed E-state index contributed by atoms with van der Waals surface area (Å²) in [5.74, 6) is -1.33. The van der Waals surface area contributed by atoms with Gasteiger partial charge in [-0.15, -0.1) is 0 Å². The number of carbonyl (C=O) groups excluding carboxylic acids is 4. The SMILES string of the molecule is CCCCCCCCCCCCCCCCCCCCCCC(=O)O[C@H](COC(=O)CCCCCCCCCCCCCCCC(C)C)COP(=O)(O)OC[C@@H](O)COP(=O)(O)OC[C@@H](COC(=O)CCCCCCC)OC(=O)CCCCCCCCCCCCCCCCC. The van der Waals surface area contributed by atoms with Crippen molar-refractivity contribution in [2.75, 3.05) is 39.6 Å². The quantitative estimate of drug-likeness (QED) is 0.0222. The molecule has 0 aromatic rings. The van der Waals surface area contributed by atoms with Crippen molar-refractivity contribution < 1.29 is 80.2 Å². The molecule has 0 saturated heterocycles. The van der Waals surface area contributed by atoms with Gasteiger partial charge in [-0.25, -0.2) is 9.13 Å². The first-order valence-corrected chi connectivity index (χ1v) is 43.1. The van der Waals surface area contributed by atoms with Gasteiger partial charge in [0.1, 0.15) is 19.3 Å². The molecule has 570 valence electrons. The maximum Gasteiger partial charge on any atom is 0.472 e. The van der Waals surface area contributed by atoms with Gasteiger partial charge in [0.15, 0.2) is 12.2 Å². The average Bonchev–Trinajstić information content (AvgIpc) is 1.11. The van der Waals surface area contributed by atoms with Gasteiger partial charge in [0.2, 0.25) is 0 Å². The summed E-state index contributed by atoms with van der Waals surface area (Å²) in [7, 11) is -9.90. The Hall–Kier alpha value is -1.94. The van der Waals surface area contributed by atoms with Crippen molar-refractivity contribution in [2.24, 2.45) is 5.92 Å². The molecule has 5 atom stereocenters. The van der Waals surface area contributed by atoms with Gasteiger partial charge < -0.3 is 33.8 Å². The fourth-order valence-electron chi connectivity index (χ4n) is 11.9. The zero-order valence-corrected chi connectivity index (χ0v) is 64.3. The van der Waals surface area contributed by atoms with Crippen molar-refractivity contribution >= 4 is 39.5 Å². The molecule has 2 unspecified atom stereocenters. The van der Waals surface area contributed by atoms with Crippen LogP contribution in [0.4, 0.5) is 0 Å². The lowest BCUT2D eigenvalue weighted by Crippen LogP contribution is -2.30. The molecule has 0 aromatic carbocycles. The molecule has 3 N–H and O–H groups in total. The van der Waals surface area contributed by atoms with E-state index in [1.807, 2.05) is 0 Å². The Balaban J connectivity index is 5.13. The van der Waals surface area contributed by atoms with Crippen molar-refractivity contribution in [1.29, 1.82) is 0 Å². The number of esters is 4. The first-order valence-electron chi connectivity index (χ1n) is 40.1. The van der Waals surface area contributed by atoms with Crippen molar-refractivity contribution in [2.45, 2.75) is 425 Å². The van der Waals surface area contributed by atoms with Crippen LogP contribution in [0.2, 0.25) is 0 Å². The van der Waals surface area contributed by atoms with E-state index in [0.717, 1.165) is 102 Å². The zero-order chi connectivity index (χ0) is 70.5. The molecule has 0 aliphatic carbocycles. The van der Waals surface area contributed by atoms with Gasteiger partial charge in [-0.2, -0.15) is 0 Å². The van der Waals surface area contributed by atoms with E-state index in [-0.39, 0.29) is 25.7 Å². The fraction of sp³-hybridized carbons (Fsp3) is 0.948. The van der Waals surface area contributed by atoms with Gasteiger partial charge in [0, 0.05) is 25.7 Å². The number of hydrogen-bond donors (Lipinski definition) is 3. The van der Waals surface area contributed by atoms with Gasteiger partial charge in [0.05, 0.1) is 26.4 Å². The monoisotopic (exact) mass is 1410 g/mol.